The zero-order chi connectivity index (χ0) is 27.7. The minimum Gasteiger partial charge on any atom is -0.491 e. The van der Waals surface area contributed by atoms with Crippen molar-refractivity contribution in [1.82, 2.24) is 5.32 Å². The standard InChI is InChI=1S/C31H28Cl2N2O4/c1-18(2)6-7-19-8-11-27(39-13-12-36)23(14-19)29-31(24-10-9-22(33)16-26(24)34-30(31)38)25(17-28(37)35-29)20-4-3-5-21(32)15-20/h3-5,8-11,14-16,18,25,29,36H,12-13,17H2,1-2H3,(H,34,38)(H,35,37)/t25-,29+,31-/m0/s1. The van der Waals surface area contributed by atoms with Crippen molar-refractivity contribution in [3.05, 3.63) is 93.0 Å². The highest BCUT2D eigenvalue weighted by atomic mass is 35.5. The van der Waals surface area contributed by atoms with Crippen LogP contribution in [0, 0.1) is 17.8 Å². The summed E-state index contributed by atoms with van der Waals surface area (Å²) >= 11 is 12.7. The van der Waals surface area contributed by atoms with Crippen LogP contribution in [0.2, 0.25) is 10.0 Å². The molecule has 1 fully saturated rings. The van der Waals surface area contributed by atoms with E-state index in [1.165, 1.54) is 0 Å². The van der Waals surface area contributed by atoms with E-state index < -0.39 is 17.4 Å². The van der Waals surface area contributed by atoms with E-state index in [2.05, 4.69) is 22.5 Å². The normalized spacial score (nSPS) is 21.7. The van der Waals surface area contributed by atoms with Crippen LogP contribution in [-0.2, 0) is 15.0 Å². The fourth-order valence-electron chi connectivity index (χ4n) is 5.64. The lowest BCUT2D eigenvalue weighted by molar-refractivity contribution is -0.131. The Morgan fingerprint density at radius 2 is 1.87 bits per heavy atom. The second-order valence-electron chi connectivity index (χ2n) is 10.1. The summed E-state index contributed by atoms with van der Waals surface area (Å²) in [7, 11) is 0. The molecule has 6 nitrogen and oxygen atoms in total. The summed E-state index contributed by atoms with van der Waals surface area (Å²) in [5.74, 6) is 5.94. The van der Waals surface area contributed by atoms with Gasteiger partial charge in [-0.1, -0.05) is 67.1 Å². The molecule has 1 spiro atoms. The number of anilines is 1. The first kappa shape index (κ1) is 27.1. The number of carbonyl (C=O) groups excluding carboxylic acids is 2. The number of fused-ring (bicyclic) bond motifs is 2. The minimum atomic E-state index is -1.25. The number of carbonyl (C=O) groups is 2. The molecule has 3 aromatic carbocycles. The van der Waals surface area contributed by atoms with Gasteiger partial charge in [0.2, 0.25) is 11.8 Å². The molecule has 0 unspecified atom stereocenters. The summed E-state index contributed by atoms with van der Waals surface area (Å²) in [6.07, 6.45) is 0.0754. The lowest BCUT2D eigenvalue weighted by Crippen LogP contribution is -2.57. The molecule has 1 saturated heterocycles. The number of halogens is 2. The van der Waals surface area contributed by atoms with Crippen LogP contribution >= 0.6 is 23.2 Å². The van der Waals surface area contributed by atoms with Crippen LogP contribution in [0.5, 0.6) is 5.75 Å². The number of hydrogen-bond acceptors (Lipinski definition) is 4. The predicted octanol–water partition coefficient (Wildman–Crippen LogP) is 5.61. The summed E-state index contributed by atoms with van der Waals surface area (Å²) in [5.41, 5.74) is 2.15. The zero-order valence-electron chi connectivity index (χ0n) is 21.6. The van der Waals surface area contributed by atoms with Crippen molar-refractivity contribution in [2.75, 3.05) is 18.5 Å². The fourth-order valence-corrected chi connectivity index (χ4v) is 6.01. The van der Waals surface area contributed by atoms with Crippen molar-refractivity contribution >= 4 is 40.7 Å². The molecule has 5 rings (SSSR count). The van der Waals surface area contributed by atoms with E-state index in [1.807, 2.05) is 44.2 Å². The Labute approximate surface area is 237 Å². The molecule has 3 N–H and O–H groups in total. The number of aliphatic hydroxyl groups is 1. The Bertz CT molecular complexity index is 1510. The Hall–Kier alpha value is -3.50. The third-order valence-electron chi connectivity index (χ3n) is 7.18. The van der Waals surface area contributed by atoms with Crippen LogP contribution in [0.25, 0.3) is 0 Å². The number of benzene rings is 3. The molecule has 3 atom stereocenters. The second-order valence-corrected chi connectivity index (χ2v) is 10.9. The van der Waals surface area contributed by atoms with E-state index in [0.29, 0.717) is 27.0 Å². The largest absolute Gasteiger partial charge is 0.491 e. The van der Waals surface area contributed by atoms with E-state index in [-0.39, 0.29) is 37.4 Å². The van der Waals surface area contributed by atoms with E-state index in [9.17, 15) is 14.7 Å². The molecule has 3 aromatic rings. The van der Waals surface area contributed by atoms with Gasteiger partial charge in [0, 0.05) is 45.1 Å². The SMILES string of the molecule is CC(C)C#Cc1ccc(OCCO)c([C@H]2NC(=O)C[C@@H](c3cccc(Cl)c3)[C@]23C(=O)Nc2cc(Cl)ccc23)c1. The third kappa shape index (κ3) is 4.98. The van der Waals surface area contributed by atoms with Gasteiger partial charge < -0.3 is 20.5 Å². The molecule has 2 heterocycles. The summed E-state index contributed by atoms with van der Waals surface area (Å²) in [5, 5.41) is 16.6. The highest BCUT2D eigenvalue weighted by molar-refractivity contribution is 6.31. The van der Waals surface area contributed by atoms with Crippen molar-refractivity contribution < 1.29 is 19.4 Å². The Balaban J connectivity index is 1.80. The number of amides is 2. The Kier molecular flexibility index (Phi) is 7.59. The predicted molar refractivity (Wildman–Crippen MR) is 152 cm³/mol. The lowest BCUT2D eigenvalue weighted by Gasteiger charge is -2.46. The molecule has 200 valence electrons. The average molecular weight is 563 g/mol. The van der Waals surface area contributed by atoms with Gasteiger partial charge in [0.25, 0.3) is 0 Å². The highest BCUT2D eigenvalue weighted by Crippen LogP contribution is 2.58. The van der Waals surface area contributed by atoms with Gasteiger partial charge in [0.1, 0.15) is 17.8 Å². The number of rotatable bonds is 5. The van der Waals surface area contributed by atoms with Crippen LogP contribution in [0.15, 0.2) is 60.7 Å². The van der Waals surface area contributed by atoms with Gasteiger partial charge in [0.05, 0.1) is 12.6 Å². The molecule has 39 heavy (non-hydrogen) atoms. The number of hydrogen-bond donors (Lipinski definition) is 3. The van der Waals surface area contributed by atoms with E-state index >= 15 is 0 Å². The maximum atomic E-state index is 14.3. The van der Waals surface area contributed by atoms with Crippen LogP contribution < -0.4 is 15.4 Å². The monoisotopic (exact) mass is 562 g/mol. The first-order valence-electron chi connectivity index (χ1n) is 12.8. The van der Waals surface area contributed by atoms with E-state index in [4.69, 9.17) is 27.9 Å². The number of aliphatic hydroxyl groups excluding tert-OH is 1. The molecule has 0 saturated carbocycles. The molecule has 2 amide bonds. The molecule has 0 bridgehead atoms. The molecular weight excluding hydrogens is 535 g/mol. The van der Waals surface area contributed by atoms with E-state index in [1.54, 1.807) is 30.3 Å². The average Bonchev–Trinajstić information content (AvgIpc) is 3.18. The molecule has 8 heteroatoms. The maximum absolute atomic E-state index is 14.3. The molecule has 0 aliphatic carbocycles. The first-order chi connectivity index (χ1) is 18.7. The van der Waals surface area contributed by atoms with Crippen LogP contribution in [0.4, 0.5) is 5.69 Å². The zero-order valence-corrected chi connectivity index (χ0v) is 23.1. The smallest absolute Gasteiger partial charge is 0.238 e. The summed E-state index contributed by atoms with van der Waals surface area (Å²) < 4.78 is 5.94. The topological polar surface area (TPSA) is 87.7 Å². The van der Waals surface area contributed by atoms with Gasteiger partial charge in [-0.2, -0.15) is 0 Å². The molecule has 2 aliphatic rings. The fraction of sp³-hybridized carbons (Fsp3) is 0.290. The van der Waals surface area contributed by atoms with Crippen LogP contribution in [0.3, 0.4) is 0 Å². The number of nitrogens with one attached hydrogen (secondary N) is 2. The van der Waals surface area contributed by atoms with Crippen molar-refractivity contribution in [2.45, 2.75) is 37.6 Å². The highest BCUT2D eigenvalue weighted by Gasteiger charge is 2.61. The van der Waals surface area contributed by atoms with Crippen molar-refractivity contribution in [3.63, 3.8) is 0 Å². The van der Waals surface area contributed by atoms with Gasteiger partial charge in [-0.15, -0.1) is 0 Å². The van der Waals surface area contributed by atoms with Gasteiger partial charge in [-0.25, -0.2) is 0 Å². The molecular formula is C31H28Cl2N2O4. The molecule has 2 aliphatic heterocycles. The van der Waals surface area contributed by atoms with Crippen molar-refractivity contribution in [2.24, 2.45) is 5.92 Å². The third-order valence-corrected chi connectivity index (χ3v) is 7.65. The van der Waals surface area contributed by atoms with Gasteiger partial charge in [-0.05, 0) is 53.6 Å². The Morgan fingerprint density at radius 3 is 2.62 bits per heavy atom. The van der Waals surface area contributed by atoms with Gasteiger partial charge in [-0.3, -0.25) is 9.59 Å². The molecule has 0 radical (unpaired) electrons. The summed E-state index contributed by atoms with van der Waals surface area (Å²) in [6.45, 7) is 3.87. The van der Waals surface area contributed by atoms with E-state index in [0.717, 1.165) is 16.7 Å². The lowest BCUT2D eigenvalue weighted by atomic mass is 9.59. The maximum Gasteiger partial charge on any atom is 0.238 e. The second kappa shape index (κ2) is 10.9. The number of piperidine rings is 1. The van der Waals surface area contributed by atoms with Crippen molar-refractivity contribution in [3.8, 4) is 17.6 Å². The quantitative estimate of drug-likeness (QED) is 0.353. The van der Waals surface area contributed by atoms with Crippen molar-refractivity contribution in [1.29, 1.82) is 0 Å². The van der Waals surface area contributed by atoms with Crippen LogP contribution in [0.1, 0.15) is 54.5 Å². The molecule has 0 aromatic heterocycles. The first-order valence-corrected chi connectivity index (χ1v) is 13.5. The minimum absolute atomic E-state index is 0.0494. The summed E-state index contributed by atoms with van der Waals surface area (Å²) in [6, 6.07) is 17.2. The van der Waals surface area contributed by atoms with Crippen LogP contribution in [-0.4, -0.2) is 30.1 Å². The van der Waals surface area contributed by atoms with Gasteiger partial charge >= 0.3 is 0 Å². The van der Waals surface area contributed by atoms with Gasteiger partial charge in [0.15, 0.2) is 0 Å². The Morgan fingerprint density at radius 1 is 1.08 bits per heavy atom. The summed E-state index contributed by atoms with van der Waals surface area (Å²) in [4.78, 5) is 27.6. The number of ether oxygens (including phenoxy) is 1.